The lowest BCUT2D eigenvalue weighted by Gasteiger charge is -2.35. The van der Waals surface area contributed by atoms with Crippen LogP contribution in [-0.2, 0) is 9.53 Å². The van der Waals surface area contributed by atoms with E-state index in [-0.39, 0.29) is 12.1 Å². The number of hydrogen-bond donors (Lipinski definition) is 1. The molecule has 0 aromatic heterocycles. The van der Waals surface area contributed by atoms with Crippen molar-refractivity contribution in [3.8, 4) is 0 Å². The molecule has 4 nitrogen and oxygen atoms in total. The molecule has 3 aliphatic heterocycles. The van der Waals surface area contributed by atoms with Gasteiger partial charge in [0.15, 0.2) is 0 Å². The largest absolute Gasteiger partial charge is 0.362 e. The van der Waals surface area contributed by atoms with Gasteiger partial charge in [0.25, 0.3) is 0 Å². The molecule has 1 saturated heterocycles. The van der Waals surface area contributed by atoms with Crippen LogP contribution in [0.5, 0.6) is 0 Å². The Labute approximate surface area is 95.6 Å². The molecule has 0 aliphatic carbocycles. The van der Waals surface area contributed by atoms with Crippen LogP contribution in [0.25, 0.3) is 0 Å². The van der Waals surface area contributed by atoms with E-state index < -0.39 is 0 Å². The number of carbonyl (C=O) groups is 1. The molecule has 0 aromatic carbocycles. The van der Waals surface area contributed by atoms with Gasteiger partial charge in [-0.05, 0) is 24.0 Å². The van der Waals surface area contributed by atoms with Crippen LogP contribution in [-0.4, -0.2) is 50.2 Å². The average molecular weight is 222 g/mol. The van der Waals surface area contributed by atoms with Crippen molar-refractivity contribution in [2.45, 2.75) is 19.1 Å². The standard InChI is InChI=1S/C12H18N2O2/c15-8-9-2-1-3-16-12(9)14-6-10-4-13-5-11(10)7-14/h8-9,12-13H,1-7H2. The van der Waals surface area contributed by atoms with Crippen LogP contribution in [0.2, 0.25) is 0 Å². The summed E-state index contributed by atoms with van der Waals surface area (Å²) in [6, 6.07) is 0. The molecule has 0 aromatic rings. The molecule has 0 bridgehead atoms. The smallest absolute Gasteiger partial charge is 0.127 e. The van der Waals surface area contributed by atoms with Crippen molar-refractivity contribution in [3.63, 3.8) is 0 Å². The molecule has 1 fully saturated rings. The van der Waals surface area contributed by atoms with Gasteiger partial charge in [-0.3, -0.25) is 4.90 Å². The lowest BCUT2D eigenvalue weighted by molar-refractivity contribution is -0.136. The molecule has 0 amide bonds. The van der Waals surface area contributed by atoms with Gasteiger partial charge in [-0.1, -0.05) is 0 Å². The first-order valence-corrected chi connectivity index (χ1v) is 6.10. The molecule has 88 valence electrons. The second kappa shape index (κ2) is 4.28. The van der Waals surface area contributed by atoms with Gasteiger partial charge in [-0.2, -0.15) is 0 Å². The molecule has 3 rings (SSSR count). The van der Waals surface area contributed by atoms with E-state index in [1.54, 1.807) is 0 Å². The van der Waals surface area contributed by atoms with Crippen molar-refractivity contribution < 1.29 is 9.53 Å². The lowest BCUT2D eigenvalue weighted by atomic mass is 10.00. The number of nitrogens with zero attached hydrogens (tertiary/aromatic N) is 1. The minimum atomic E-state index is 0.0249. The van der Waals surface area contributed by atoms with Crippen LogP contribution < -0.4 is 5.32 Å². The first kappa shape index (κ1) is 10.4. The summed E-state index contributed by atoms with van der Waals surface area (Å²) in [7, 11) is 0. The molecule has 16 heavy (non-hydrogen) atoms. The molecule has 2 unspecified atom stereocenters. The Balaban J connectivity index is 1.67. The van der Waals surface area contributed by atoms with E-state index in [2.05, 4.69) is 10.2 Å². The maximum Gasteiger partial charge on any atom is 0.127 e. The van der Waals surface area contributed by atoms with Gasteiger partial charge in [-0.15, -0.1) is 0 Å². The molecule has 1 N–H and O–H groups in total. The van der Waals surface area contributed by atoms with Gasteiger partial charge in [0.1, 0.15) is 12.5 Å². The first-order valence-electron chi connectivity index (χ1n) is 6.10. The molecule has 2 atom stereocenters. The predicted molar refractivity (Wildman–Crippen MR) is 60.0 cm³/mol. The van der Waals surface area contributed by atoms with E-state index in [1.165, 1.54) is 11.1 Å². The second-order valence-corrected chi connectivity index (χ2v) is 4.92. The number of nitrogens with one attached hydrogen (secondary N) is 1. The third-order valence-electron chi connectivity index (χ3n) is 3.84. The number of ether oxygens (including phenoxy) is 1. The van der Waals surface area contributed by atoms with Crippen molar-refractivity contribution in [1.82, 2.24) is 10.2 Å². The fraction of sp³-hybridized carbons (Fsp3) is 0.750. The summed E-state index contributed by atoms with van der Waals surface area (Å²) in [6.07, 6.45) is 3.10. The minimum Gasteiger partial charge on any atom is -0.362 e. The molecular formula is C12H18N2O2. The first-order chi connectivity index (χ1) is 7.88. The van der Waals surface area contributed by atoms with Gasteiger partial charge in [0, 0.05) is 32.8 Å². The van der Waals surface area contributed by atoms with Crippen molar-refractivity contribution >= 4 is 6.29 Å². The number of aldehydes is 1. The summed E-state index contributed by atoms with van der Waals surface area (Å²) in [4.78, 5) is 13.4. The fourth-order valence-corrected chi connectivity index (χ4v) is 2.98. The minimum absolute atomic E-state index is 0.0249. The molecular weight excluding hydrogens is 204 g/mol. The zero-order chi connectivity index (χ0) is 11.0. The average Bonchev–Trinajstić information content (AvgIpc) is 2.89. The van der Waals surface area contributed by atoms with Crippen molar-refractivity contribution in [3.05, 3.63) is 11.1 Å². The number of carbonyl (C=O) groups excluding carboxylic acids is 1. The van der Waals surface area contributed by atoms with Crippen molar-refractivity contribution in [2.24, 2.45) is 5.92 Å². The Morgan fingerprint density at radius 1 is 1.31 bits per heavy atom. The van der Waals surface area contributed by atoms with E-state index in [0.717, 1.165) is 51.9 Å². The summed E-state index contributed by atoms with van der Waals surface area (Å²) >= 11 is 0. The van der Waals surface area contributed by atoms with Gasteiger partial charge in [0.2, 0.25) is 0 Å². The van der Waals surface area contributed by atoms with E-state index in [1.807, 2.05) is 0 Å². The van der Waals surface area contributed by atoms with Crippen LogP contribution >= 0.6 is 0 Å². The molecule has 3 aliphatic rings. The lowest BCUT2D eigenvalue weighted by Crippen LogP contribution is -2.45. The second-order valence-electron chi connectivity index (χ2n) is 4.92. The molecule has 0 radical (unpaired) electrons. The third-order valence-corrected chi connectivity index (χ3v) is 3.84. The fourth-order valence-electron chi connectivity index (χ4n) is 2.98. The Bertz CT molecular complexity index is 311. The highest BCUT2D eigenvalue weighted by Gasteiger charge is 2.36. The van der Waals surface area contributed by atoms with Gasteiger partial charge < -0.3 is 14.8 Å². The SMILES string of the molecule is O=CC1CCCOC1N1CC2=C(CNC2)C1. The van der Waals surface area contributed by atoms with Crippen LogP contribution in [0, 0.1) is 5.92 Å². The summed E-state index contributed by atoms with van der Waals surface area (Å²) in [5.41, 5.74) is 3.03. The number of rotatable bonds is 2. The zero-order valence-corrected chi connectivity index (χ0v) is 9.45. The summed E-state index contributed by atoms with van der Waals surface area (Å²) in [6.45, 7) is 4.80. The summed E-state index contributed by atoms with van der Waals surface area (Å²) in [5.74, 6) is 0.0711. The van der Waals surface area contributed by atoms with Gasteiger partial charge in [0.05, 0.1) is 5.92 Å². The van der Waals surface area contributed by atoms with Gasteiger partial charge >= 0.3 is 0 Å². The van der Waals surface area contributed by atoms with E-state index in [9.17, 15) is 4.79 Å². The van der Waals surface area contributed by atoms with Crippen LogP contribution in [0.3, 0.4) is 0 Å². The summed E-state index contributed by atoms with van der Waals surface area (Å²) < 4.78 is 5.78. The molecule has 4 heteroatoms. The monoisotopic (exact) mass is 222 g/mol. The normalized spacial score (nSPS) is 35.5. The zero-order valence-electron chi connectivity index (χ0n) is 9.45. The summed E-state index contributed by atoms with van der Waals surface area (Å²) in [5, 5.41) is 3.36. The highest BCUT2D eigenvalue weighted by Crippen LogP contribution is 2.28. The maximum atomic E-state index is 11.0. The van der Waals surface area contributed by atoms with E-state index in [4.69, 9.17) is 4.74 Å². The van der Waals surface area contributed by atoms with E-state index in [0.29, 0.717) is 0 Å². The maximum absolute atomic E-state index is 11.0. The molecule has 3 heterocycles. The Morgan fingerprint density at radius 2 is 2.06 bits per heavy atom. The van der Waals surface area contributed by atoms with Crippen molar-refractivity contribution in [2.75, 3.05) is 32.8 Å². The molecule has 0 spiro atoms. The Morgan fingerprint density at radius 3 is 2.75 bits per heavy atom. The predicted octanol–water partition coefficient (Wildman–Crippen LogP) is 0.153. The number of hydrogen-bond acceptors (Lipinski definition) is 4. The topological polar surface area (TPSA) is 41.6 Å². The van der Waals surface area contributed by atoms with E-state index >= 15 is 0 Å². The highest BCUT2D eigenvalue weighted by atomic mass is 16.5. The van der Waals surface area contributed by atoms with Crippen LogP contribution in [0.15, 0.2) is 11.1 Å². The van der Waals surface area contributed by atoms with Gasteiger partial charge in [-0.25, -0.2) is 0 Å². The Kier molecular flexibility index (Phi) is 2.79. The molecule has 0 saturated carbocycles. The quantitative estimate of drug-likeness (QED) is 0.533. The third kappa shape index (κ3) is 1.71. The van der Waals surface area contributed by atoms with Crippen molar-refractivity contribution in [1.29, 1.82) is 0 Å². The highest BCUT2D eigenvalue weighted by molar-refractivity contribution is 5.54. The Hall–Kier alpha value is -0.710. The van der Waals surface area contributed by atoms with Crippen LogP contribution in [0.4, 0.5) is 0 Å². The van der Waals surface area contributed by atoms with Crippen LogP contribution in [0.1, 0.15) is 12.8 Å².